The zero-order chi connectivity index (χ0) is 31.7. The van der Waals surface area contributed by atoms with Gasteiger partial charge in [0.2, 0.25) is 11.8 Å². The first-order valence-corrected chi connectivity index (χ1v) is 16.1. The SMILES string of the molecule is COc1ccc(CN(C(=O)CN(c2cc(OC)ccc2OC)S(=O)(=O)c2ccccc2)[C@H](C)C(=O)NC2CCCCC2)cc1. The van der Waals surface area contributed by atoms with E-state index in [0.717, 1.165) is 42.0 Å². The molecule has 1 aliphatic rings. The number of amides is 2. The molecule has 0 saturated heterocycles. The molecule has 0 spiro atoms. The van der Waals surface area contributed by atoms with E-state index in [9.17, 15) is 18.0 Å². The molecular weight excluding hydrogens is 582 g/mol. The molecule has 3 aromatic rings. The van der Waals surface area contributed by atoms with Gasteiger partial charge in [-0.1, -0.05) is 49.6 Å². The van der Waals surface area contributed by atoms with Gasteiger partial charge in [-0.25, -0.2) is 8.42 Å². The second-order valence-corrected chi connectivity index (χ2v) is 12.6. The van der Waals surface area contributed by atoms with E-state index >= 15 is 0 Å². The summed E-state index contributed by atoms with van der Waals surface area (Å²) < 4.78 is 45.4. The summed E-state index contributed by atoms with van der Waals surface area (Å²) in [7, 11) is 0.202. The molecule has 1 N–H and O–H groups in total. The molecule has 0 aromatic heterocycles. The summed E-state index contributed by atoms with van der Waals surface area (Å²) in [5.74, 6) is 0.436. The van der Waals surface area contributed by atoms with Crippen molar-refractivity contribution in [1.82, 2.24) is 10.2 Å². The van der Waals surface area contributed by atoms with E-state index in [1.54, 1.807) is 56.5 Å². The molecule has 0 radical (unpaired) electrons. The highest BCUT2D eigenvalue weighted by Crippen LogP contribution is 2.36. The van der Waals surface area contributed by atoms with Crippen molar-refractivity contribution in [3.8, 4) is 17.2 Å². The molecule has 0 aliphatic heterocycles. The van der Waals surface area contributed by atoms with Crippen molar-refractivity contribution in [2.45, 2.75) is 62.6 Å². The van der Waals surface area contributed by atoms with Crippen LogP contribution in [0.3, 0.4) is 0 Å². The third-order valence-corrected chi connectivity index (χ3v) is 9.67. The molecule has 2 amide bonds. The zero-order valence-corrected chi connectivity index (χ0v) is 26.5. The van der Waals surface area contributed by atoms with Crippen LogP contribution in [0.2, 0.25) is 0 Å². The van der Waals surface area contributed by atoms with Crippen molar-refractivity contribution < 1.29 is 32.2 Å². The second-order valence-electron chi connectivity index (χ2n) is 10.8. The lowest BCUT2D eigenvalue weighted by atomic mass is 9.95. The van der Waals surface area contributed by atoms with E-state index < -0.39 is 28.5 Å². The fraction of sp³-hybridized carbons (Fsp3) is 0.394. The molecule has 0 bridgehead atoms. The van der Waals surface area contributed by atoms with Gasteiger partial charge in [-0.2, -0.15) is 0 Å². The maximum absolute atomic E-state index is 14.3. The summed E-state index contributed by atoms with van der Waals surface area (Å²) >= 11 is 0. The van der Waals surface area contributed by atoms with Gasteiger partial charge < -0.3 is 24.4 Å². The fourth-order valence-electron chi connectivity index (χ4n) is 5.30. The summed E-state index contributed by atoms with van der Waals surface area (Å²) in [6.07, 6.45) is 5.02. The van der Waals surface area contributed by atoms with Crippen LogP contribution in [0.15, 0.2) is 77.7 Å². The van der Waals surface area contributed by atoms with Gasteiger partial charge in [0.05, 0.1) is 31.9 Å². The van der Waals surface area contributed by atoms with Crippen LogP contribution in [0.4, 0.5) is 5.69 Å². The Morgan fingerprint density at radius 1 is 0.864 bits per heavy atom. The number of nitrogens with one attached hydrogen (secondary N) is 1. The number of carbonyl (C=O) groups is 2. The number of benzene rings is 3. The van der Waals surface area contributed by atoms with E-state index in [2.05, 4.69) is 5.32 Å². The van der Waals surface area contributed by atoms with Crippen molar-refractivity contribution in [1.29, 1.82) is 0 Å². The van der Waals surface area contributed by atoms with Gasteiger partial charge in [-0.15, -0.1) is 0 Å². The molecule has 1 atom stereocenters. The number of ether oxygens (including phenoxy) is 3. The second kappa shape index (κ2) is 15.0. The van der Waals surface area contributed by atoms with Crippen molar-refractivity contribution in [2.75, 3.05) is 32.2 Å². The Morgan fingerprint density at radius 2 is 1.50 bits per heavy atom. The smallest absolute Gasteiger partial charge is 0.264 e. The topological polar surface area (TPSA) is 114 Å². The van der Waals surface area contributed by atoms with Gasteiger partial charge in [0.25, 0.3) is 10.0 Å². The van der Waals surface area contributed by atoms with Crippen LogP contribution in [-0.4, -0.2) is 65.1 Å². The van der Waals surface area contributed by atoms with Gasteiger partial charge in [-0.3, -0.25) is 13.9 Å². The average Bonchev–Trinajstić information content (AvgIpc) is 3.06. The first-order valence-electron chi connectivity index (χ1n) is 14.7. The number of hydrogen-bond acceptors (Lipinski definition) is 7. The maximum atomic E-state index is 14.3. The molecule has 1 saturated carbocycles. The van der Waals surface area contributed by atoms with Crippen LogP contribution in [-0.2, 0) is 26.2 Å². The van der Waals surface area contributed by atoms with Gasteiger partial charge in [0.1, 0.15) is 29.8 Å². The van der Waals surface area contributed by atoms with E-state index in [1.165, 1.54) is 37.3 Å². The largest absolute Gasteiger partial charge is 0.497 e. The number of methoxy groups -OCH3 is 3. The Hall–Kier alpha value is -4.25. The molecular formula is C33H41N3O7S. The predicted molar refractivity (Wildman–Crippen MR) is 169 cm³/mol. The van der Waals surface area contributed by atoms with Crippen molar-refractivity contribution in [2.24, 2.45) is 0 Å². The van der Waals surface area contributed by atoms with Crippen molar-refractivity contribution in [3.63, 3.8) is 0 Å². The Bertz CT molecular complexity index is 1510. The summed E-state index contributed by atoms with van der Waals surface area (Å²) in [4.78, 5) is 29.2. The van der Waals surface area contributed by atoms with E-state index in [4.69, 9.17) is 14.2 Å². The Morgan fingerprint density at radius 3 is 2.11 bits per heavy atom. The van der Waals surface area contributed by atoms with Crippen LogP contribution in [0.25, 0.3) is 0 Å². The van der Waals surface area contributed by atoms with Crippen LogP contribution < -0.4 is 23.8 Å². The van der Waals surface area contributed by atoms with Gasteiger partial charge >= 0.3 is 0 Å². The molecule has 0 unspecified atom stereocenters. The molecule has 1 aliphatic carbocycles. The standard InChI is InChI=1S/C33H41N3O7S/c1-24(33(38)34-26-11-7-5-8-12-26)35(22-25-15-17-27(41-2)18-16-25)32(37)23-36(44(39,40)29-13-9-6-10-14-29)30-21-28(42-3)19-20-31(30)43-4/h6,9-10,13-21,24,26H,5,7-8,11-12,22-23H2,1-4H3,(H,34,38)/t24-/m1/s1. The lowest BCUT2D eigenvalue weighted by Gasteiger charge is -2.33. The van der Waals surface area contributed by atoms with Crippen LogP contribution in [0.1, 0.15) is 44.6 Å². The lowest BCUT2D eigenvalue weighted by Crippen LogP contribution is -2.53. The first kappa shape index (κ1) is 32.7. The third kappa shape index (κ3) is 7.82. The Labute approximate surface area is 260 Å². The molecule has 236 valence electrons. The maximum Gasteiger partial charge on any atom is 0.264 e. The molecule has 0 heterocycles. The highest BCUT2D eigenvalue weighted by atomic mass is 32.2. The van der Waals surface area contributed by atoms with E-state index in [0.29, 0.717) is 11.5 Å². The third-order valence-electron chi connectivity index (χ3n) is 7.90. The number of hydrogen-bond donors (Lipinski definition) is 1. The summed E-state index contributed by atoms with van der Waals surface area (Å²) in [5.41, 5.74) is 0.889. The zero-order valence-electron chi connectivity index (χ0n) is 25.7. The molecule has 11 heteroatoms. The number of sulfonamides is 1. The predicted octanol–water partition coefficient (Wildman–Crippen LogP) is 4.77. The molecule has 44 heavy (non-hydrogen) atoms. The highest BCUT2D eigenvalue weighted by molar-refractivity contribution is 7.92. The number of rotatable bonds is 13. The molecule has 1 fully saturated rings. The van der Waals surface area contributed by atoms with Gasteiger partial charge in [-0.05, 0) is 61.7 Å². The summed E-state index contributed by atoms with van der Waals surface area (Å²) in [6, 6.07) is 19.0. The highest BCUT2D eigenvalue weighted by Gasteiger charge is 2.34. The van der Waals surface area contributed by atoms with Gasteiger partial charge in [0.15, 0.2) is 0 Å². The van der Waals surface area contributed by atoms with Crippen molar-refractivity contribution >= 4 is 27.5 Å². The van der Waals surface area contributed by atoms with Crippen LogP contribution in [0, 0.1) is 0 Å². The summed E-state index contributed by atoms with van der Waals surface area (Å²) in [6.45, 7) is 1.16. The quantitative estimate of drug-likeness (QED) is 0.292. The average molecular weight is 624 g/mol. The van der Waals surface area contributed by atoms with Gasteiger partial charge in [0, 0.05) is 18.7 Å². The monoisotopic (exact) mass is 623 g/mol. The minimum Gasteiger partial charge on any atom is -0.497 e. The van der Waals surface area contributed by atoms with Crippen LogP contribution >= 0.6 is 0 Å². The molecule has 3 aromatic carbocycles. The minimum absolute atomic E-state index is 0.00228. The number of nitrogens with zero attached hydrogens (tertiary/aromatic N) is 2. The van der Waals surface area contributed by atoms with Crippen LogP contribution in [0.5, 0.6) is 17.2 Å². The Balaban J connectivity index is 1.73. The normalized spacial score (nSPS) is 14.3. The van der Waals surface area contributed by atoms with E-state index in [-0.39, 0.29) is 34.8 Å². The molecule has 4 rings (SSSR count). The van der Waals surface area contributed by atoms with Crippen molar-refractivity contribution in [3.05, 3.63) is 78.4 Å². The Kier molecular flexibility index (Phi) is 11.1. The first-order chi connectivity index (χ1) is 21.2. The van der Waals surface area contributed by atoms with E-state index in [1.807, 2.05) is 12.1 Å². The minimum atomic E-state index is -4.26. The number of carbonyl (C=O) groups excluding carboxylic acids is 2. The fourth-order valence-corrected chi connectivity index (χ4v) is 6.74. The summed E-state index contributed by atoms with van der Waals surface area (Å²) in [5, 5.41) is 3.11. The lowest BCUT2D eigenvalue weighted by molar-refractivity contribution is -0.139. The molecule has 10 nitrogen and oxygen atoms in total. The number of anilines is 1.